The molecular weight excluding hydrogens is 346 g/mol. The molecule has 0 atom stereocenters. The van der Waals surface area contributed by atoms with Crippen LogP contribution in [-0.4, -0.2) is 31.2 Å². The first-order valence-corrected chi connectivity index (χ1v) is 8.68. The van der Waals surface area contributed by atoms with E-state index in [1.54, 1.807) is 16.6 Å². The summed E-state index contributed by atoms with van der Waals surface area (Å²) in [5, 5.41) is 8.41. The van der Waals surface area contributed by atoms with Gasteiger partial charge in [-0.25, -0.2) is 9.50 Å². The van der Waals surface area contributed by atoms with Gasteiger partial charge in [-0.2, -0.15) is 4.98 Å². The molecule has 0 aliphatic rings. The molecule has 3 rings (SSSR count). The van der Waals surface area contributed by atoms with E-state index in [4.69, 9.17) is 11.6 Å². The van der Waals surface area contributed by atoms with Gasteiger partial charge in [0.05, 0.1) is 5.75 Å². The number of thioether (sulfide) groups is 1. The molecule has 1 aromatic carbocycles. The molecule has 0 spiro atoms. The Bertz CT molecular complexity index is 924. The van der Waals surface area contributed by atoms with Crippen molar-refractivity contribution >= 4 is 40.7 Å². The van der Waals surface area contributed by atoms with E-state index in [1.807, 2.05) is 32.9 Å². The van der Waals surface area contributed by atoms with Crippen LogP contribution >= 0.6 is 23.4 Å². The first-order chi connectivity index (χ1) is 11.4. The van der Waals surface area contributed by atoms with Gasteiger partial charge in [-0.05, 0) is 50.6 Å². The van der Waals surface area contributed by atoms with Crippen LogP contribution in [0.4, 0.5) is 5.69 Å². The number of aromatic nitrogens is 4. The maximum absolute atomic E-state index is 12.1. The molecule has 6 nitrogen and oxygen atoms in total. The summed E-state index contributed by atoms with van der Waals surface area (Å²) >= 11 is 7.19. The largest absolute Gasteiger partial charge is 0.325 e. The highest BCUT2D eigenvalue weighted by Gasteiger charge is 2.11. The van der Waals surface area contributed by atoms with Gasteiger partial charge >= 0.3 is 0 Å². The zero-order valence-electron chi connectivity index (χ0n) is 13.5. The third kappa shape index (κ3) is 3.68. The van der Waals surface area contributed by atoms with Crippen molar-refractivity contribution in [3.8, 4) is 0 Å². The van der Waals surface area contributed by atoms with Crippen molar-refractivity contribution in [3.63, 3.8) is 0 Å². The second-order valence-electron chi connectivity index (χ2n) is 5.44. The molecule has 3 aromatic rings. The van der Waals surface area contributed by atoms with Crippen molar-refractivity contribution in [1.29, 1.82) is 0 Å². The fourth-order valence-electron chi connectivity index (χ4n) is 2.29. The Hall–Kier alpha value is -2.12. The number of hydrogen-bond donors (Lipinski definition) is 1. The van der Waals surface area contributed by atoms with Gasteiger partial charge in [0.1, 0.15) is 0 Å². The monoisotopic (exact) mass is 361 g/mol. The number of aryl methyl sites for hydroxylation is 3. The van der Waals surface area contributed by atoms with Crippen molar-refractivity contribution in [1.82, 2.24) is 19.6 Å². The Labute approximate surface area is 148 Å². The Kier molecular flexibility index (Phi) is 4.73. The van der Waals surface area contributed by atoms with E-state index < -0.39 is 0 Å². The van der Waals surface area contributed by atoms with Gasteiger partial charge in [-0.15, -0.1) is 5.10 Å². The minimum Gasteiger partial charge on any atom is -0.325 e. The predicted molar refractivity (Wildman–Crippen MR) is 95.8 cm³/mol. The molecule has 0 bridgehead atoms. The lowest BCUT2D eigenvalue weighted by Crippen LogP contribution is -2.14. The van der Waals surface area contributed by atoms with Crippen LogP contribution in [0.5, 0.6) is 0 Å². The van der Waals surface area contributed by atoms with Crippen molar-refractivity contribution in [2.75, 3.05) is 11.1 Å². The van der Waals surface area contributed by atoms with E-state index >= 15 is 0 Å². The smallest absolute Gasteiger partial charge is 0.253 e. The number of halogens is 1. The average Bonchev–Trinajstić information content (AvgIpc) is 2.91. The normalized spacial score (nSPS) is 11.0. The minimum atomic E-state index is -0.120. The van der Waals surface area contributed by atoms with Gasteiger partial charge in [-0.1, -0.05) is 23.4 Å². The number of nitrogens with zero attached hydrogens (tertiary/aromatic N) is 4. The minimum absolute atomic E-state index is 0.120. The Morgan fingerprint density at radius 3 is 2.79 bits per heavy atom. The fourth-order valence-corrected chi connectivity index (χ4v) is 3.14. The van der Waals surface area contributed by atoms with Gasteiger partial charge in [0.15, 0.2) is 0 Å². The summed E-state index contributed by atoms with van der Waals surface area (Å²) in [5.41, 5.74) is 3.51. The van der Waals surface area contributed by atoms with Gasteiger partial charge in [-0.3, -0.25) is 4.79 Å². The lowest BCUT2D eigenvalue weighted by molar-refractivity contribution is -0.113. The molecule has 2 heterocycles. The quantitative estimate of drug-likeness (QED) is 0.721. The summed E-state index contributed by atoms with van der Waals surface area (Å²) in [6.07, 6.45) is 0. The lowest BCUT2D eigenvalue weighted by Gasteiger charge is -2.07. The molecule has 0 radical (unpaired) electrons. The SMILES string of the molecule is Cc1cc(C)n2nc(SCC(=O)Nc3ccc(Cl)cc3C)nc2n1. The first-order valence-electron chi connectivity index (χ1n) is 7.32. The number of fused-ring (bicyclic) bond motifs is 1. The molecule has 1 amide bonds. The number of rotatable bonds is 4. The van der Waals surface area contributed by atoms with E-state index in [2.05, 4.69) is 20.4 Å². The zero-order chi connectivity index (χ0) is 17.3. The Morgan fingerprint density at radius 2 is 2.04 bits per heavy atom. The van der Waals surface area contributed by atoms with Crippen molar-refractivity contribution in [2.24, 2.45) is 0 Å². The highest BCUT2D eigenvalue weighted by Crippen LogP contribution is 2.21. The van der Waals surface area contributed by atoms with Crippen molar-refractivity contribution < 1.29 is 4.79 Å². The summed E-state index contributed by atoms with van der Waals surface area (Å²) in [4.78, 5) is 20.8. The van der Waals surface area contributed by atoms with Crippen LogP contribution in [0.1, 0.15) is 17.0 Å². The summed E-state index contributed by atoms with van der Waals surface area (Å²) in [5.74, 6) is 0.644. The predicted octanol–water partition coefficient (Wildman–Crippen LogP) is 3.43. The highest BCUT2D eigenvalue weighted by atomic mass is 35.5. The topological polar surface area (TPSA) is 72.2 Å². The van der Waals surface area contributed by atoms with Gasteiger partial charge in [0, 0.05) is 22.1 Å². The maximum Gasteiger partial charge on any atom is 0.253 e. The molecule has 8 heteroatoms. The number of anilines is 1. The molecule has 0 unspecified atom stereocenters. The zero-order valence-corrected chi connectivity index (χ0v) is 15.1. The fraction of sp³-hybridized carbons (Fsp3) is 0.250. The van der Waals surface area contributed by atoms with Crippen molar-refractivity contribution in [2.45, 2.75) is 25.9 Å². The van der Waals surface area contributed by atoms with Crippen LogP contribution in [0.15, 0.2) is 29.4 Å². The van der Waals surface area contributed by atoms with Crippen LogP contribution in [0.25, 0.3) is 5.78 Å². The lowest BCUT2D eigenvalue weighted by atomic mass is 10.2. The standard InChI is InChI=1S/C16H16ClN5OS/c1-9-6-12(17)4-5-13(9)19-14(23)8-24-16-20-15-18-10(2)7-11(3)22(15)21-16/h4-7H,8H2,1-3H3,(H,19,23). The second-order valence-corrected chi connectivity index (χ2v) is 6.82. The third-order valence-corrected chi connectivity index (χ3v) is 4.47. The van der Waals surface area contributed by atoms with Crippen LogP contribution in [0.2, 0.25) is 5.02 Å². The molecule has 124 valence electrons. The van der Waals surface area contributed by atoms with Gasteiger partial charge in [0.2, 0.25) is 11.1 Å². The van der Waals surface area contributed by atoms with E-state index in [0.717, 1.165) is 22.6 Å². The number of hydrogen-bond acceptors (Lipinski definition) is 5. The highest BCUT2D eigenvalue weighted by molar-refractivity contribution is 7.99. The Balaban J connectivity index is 1.67. The number of carbonyl (C=O) groups is 1. The van der Waals surface area contributed by atoms with Crippen LogP contribution in [0, 0.1) is 20.8 Å². The molecular formula is C16H16ClN5OS. The average molecular weight is 362 g/mol. The summed E-state index contributed by atoms with van der Waals surface area (Å²) < 4.78 is 1.68. The molecule has 24 heavy (non-hydrogen) atoms. The van der Waals surface area contributed by atoms with Gasteiger partial charge in [0.25, 0.3) is 5.78 Å². The van der Waals surface area contributed by atoms with E-state index in [-0.39, 0.29) is 11.7 Å². The number of carbonyl (C=O) groups excluding carboxylic acids is 1. The van der Waals surface area contributed by atoms with Crippen LogP contribution < -0.4 is 5.32 Å². The molecule has 0 aliphatic carbocycles. The summed E-state index contributed by atoms with van der Waals surface area (Å²) in [6.45, 7) is 5.76. The third-order valence-electron chi connectivity index (χ3n) is 3.39. The maximum atomic E-state index is 12.1. The van der Waals surface area contributed by atoms with Crippen molar-refractivity contribution in [3.05, 3.63) is 46.2 Å². The van der Waals surface area contributed by atoms with Crippen LogP contribution in [0.3, 0.4) is 0 Å². The summed E-state index contributed by atoms with van der Waals surface area (Å²) in [6, 6.07) is 7.29. The molecule has 0 saturated carbocycles. The number of amides is 1. The molecule has 1 N–H and O–H groups in total. The van der Waals surface area contributed by atoms with Gasteiger partial charge < -0.3 is 5.32 Å². The number of nitrogens with one attached hydrogen (secondary N) is 1. The van der Waals surface area contributed by atoms with E-state index in [9.17, 15) is 4.79 Å². The Morgan fingerprint density at radius 1 is 1.25 bits per heavy atom. The second kappa shape index (κ2) is 6.78. The molecule has 0 aliphatic heterocycles. The van der Waals surface area contributed by atoms with Crippen LogP contribution in [-0.2, 0) is 4.79 Å². The van der Waals surface area contributed by atoms with E-state index in [1.165, 1.54) is 11.8 Å². The molecule has 2 aromatic heterocycles. The first kappa shape index (κ1) is 16.7. The summed E-state index contributed by atoms with van der Waals surface area (Å²) in [7, 11) is 0. The molecule has 0 saturated heterocycles. The number of benzene rings is 1. The van der Waals surface area contributed by atoms with E-state index in [0.29, 0.717) is 16.0 Å². The molecule has 0 fully saturated rings.